The van der Waals surface area contributed by atoms with Crippen LogP contribution in [0.3, 0.4) is 0 Å². The molecule has 0 atom stereocenters. The summed E-state index contributed by atoms with van der Waals surface area (Å²) >= 11 is 0. The molecule has 0 spiro atoms. The molecule has 15 heavy (non-hydrogen) atoms. The molecule has 1 amide bonds. The molecule has 0 unspecified atom stereocenters. The Morgan fingerprint density at radius 3 is 2.87 bits per heavy atom. The number of likely N-dealkylation sites (N-methyl/N-ethyl adjacent to an activating group) is 1. The number of nitrogens with zero attached hydrogens (tertiary/aromatic N) is 2. The molecular weight excluding hydrogens is 194 g/mol. The first-order chi connectivity index (χ1) is 7.16. The maximum atomic E-state index is 11.2. The standard InChI is InChI=1S/C10H21N3O2/c1-4-15-12-7-5-6-10(14)11-8-9-13(2)3/h7H,4-6,8-9H2,1-3H3,(H,11,14)/b12-7+. The second kappa shape index (κ2) is 9.45. The lowest BCUT2D eigenvalue weighted by molar-refractivity contribution is -0.120. The Morgan fingerprint density at radius 1 is 1.53 bits per heavy atom. The molecular formula is C10H21N3O2. The van der Waals surface area contributed by atoms with E-state index in [1.165, 1.54) is 0 Å². The van der Waals surface area contributed by atoms with E-state index in [4.69, 9.17) is 4.84 Å². The molecule has 0 aliphatic heterocycles. The van der Waals surface area contributed by atoms with Gasteiger partial charge in [-0.3, -0.25) is 4.79 Å². The molecule has 0 aliphatic rings. The molecule has 0 saturated heterocycles. The van der Waals surface area contributed by atoms with Crippen molar-refractivity contribution >= 4 is 12.1 Å². The van der Waals surface area contributed by atoms with Gasteiger partial charge in [0.1, 0.15) is 6.61 Å². The number of nitrogens with one attached hydrogen (secondary N) is 1. The van der Waals surface area contributed by atoms with Crippen molar-refractivity contribution in [3.63, 3.8) is 0 Å². The normalized spacial score (nSPS) is 10.9. The van der Waals surface area contributed by atoms with Gasteiger partial charge < -0.3 is 15.1 Å². The van der Waals surface area contributed by atoms with Crippen LogP contribution < -0.4 is 5.32 Å². The van der Waals surface area contributed by atoms with Gasteiger partial charge in [0.2, 0.25) is 5.91 Å². The van der Waals surface area contributed by atoms with Crippen molar-refractivity contribution < 1.29 is 9.63 Å². The van der Waals surface area contributed by atoms with Crippen LogP contribution in [0.5, 0.6) is 0 Å². The summed E-state index contributed by atoms with van der Waals surface area (Å²) < 4.78 is 0. The van der Waals surface area contributed by atoms with Crippen molar-refractivity contribution in [2.45, 2.75) is 19.8 Å². The second-order valence-electron chi connectivity index (χ2n) is 3.40. The smallest absolute Gasteiger partial charge is 0.220 e. The van der Waals surface area contributed by atoms with E-state index < -0.39 is 0 Å². The van der Waals surface area contributed by atoms with Gasteiger partial charge in [0.15, 0.2) is 0 Å². The molecule has 0 aromatic carbocycles. The molecule has 0 saturated carbocycles. The zero-order valence-corrected chi connectivity index (χ0v) is 9.82. The summed E-state index contributed by atoms with van der Waals surface area (Å²) in [5.74, 6) is 0.0554. The van der Waals surface area contributed by atoms with Crippen LogP contribution in [-0.2, 0) is 9.63 Å². The third kappa shape index (κ3) is 10.8. The van der Waals surface area contributed by atoms with E-state index in [-0.39, 0.29) is 5.91 Å². The van der Waals surface area contributed by atoms with Gasteiger partial charge in [0.05, 0.1) is 0 Å². The van der Waals surface area contributed by atoms with E-state index in [9.17, 15) is 4.79 Å². The van der Waals surface area contributed by atoms with E-state index in [2.05, 4.69) is 10.5 Å². The summed E-state index contributed by atoms with van der Waals surface area (Å²) in [5.41, 5.74) is 0. The lowest BCUT2D eigenvalue weighted by atomic mass is 10.3. The first-order valence-corrected chi connectivity index (χ1v) is 5.22. The van der Waals surface area contributed by atoms with Crippen molar-refractivity contribution in [2.24, 2.45) is 5.16 Å². The summed E-state index contributed by atoms with van der Waals surface area (Å²) in [5, 5.41) is 6.48. The Kier molecular flexibility index (Phi) is 8.76. The summed E-state index contributed by atoms with van der Waals surface area (Å²) in [6.45, 7) is 3.98. The minimum absolute atomic E-state index is 0.0554. The van der Waals surface area contributed by atoms with Crippen LogP contribution in [-0.4, -0.2) is 50.8 Å². The largest absolute Gasteiger partial charge is 0.396 e. The molecule has 0 bridgehead atoms. The second-order valence-corrected chi connectivity index (χ2v) is 3.40. The van der Waals surface area contributed by atoms with Crippen LogP contribution in [0.4, 0.5) is 0 Å². The van der Waals surface area contributed by atoms with Gasteiger partial charge in [0, 0.05) is 25.7 Å². The summed E-state index contributed by atoms with van der Waals surface area (Å²) in [4.78, 5) is 18.0. The number of hydrogen-bond donors (Lipinski definition) is 1. The van der Waals surface area contributed by atoms with Gasteiger partial charge in [-0.05, 0) is 27.4 Å². The number of rotatable bonds is 8. The van der Waals surface area contributed by atoms with Crippen LogP contribution in [0.25, 0.3) is 0 Å². The average molecular weight is 215 g/mol. The third-order valence-electron chi connectivity index (χ3n) is 1.66. The lowest BCUT2D eigenvalue weighted by Crippen LogP contribution is -2.31. The molecule has 0 rings (SSSR count). The van der Waals surface area contributed by atoms with E-state index >= 15 is 0 Å². The maximum absolute atomic E-state index is 11.2. The number of oxime groups is 1. The van der Waals surface area contributed by atoms with Gasteiger partial charge in [-0.2, -0.15) is 0 Å². The van der Waals surface area contributed by atoms with E-state index in [1.54, 1.807) is 6.21 Å². The molecule has 88 valence electrons. The summed E-state index contributed by atoms with van der Waals surface area (Å²) in [7, 11) is 3.95. The molecule has 0 aromatic heterocycles. The van der Waals surface area contributed by atoms with Gasteiger partial charge in [0.25, 0.3) is 0 Å². The molecule has 0 aliphatic carbocycles. The number of hydrogen-bond acceptors (Lipinski definition) is 4. The Labute approximate surface area is 91.5 Å². The minimum atomic E-state index is 0.0554. The van der Waals surface area contributed by atoms with Crippen LogP contribution >= 0.6 is 0 Å². The van der Waals surface area contributed by atoms with Crippen LogP contribution in [0, 0.1) is 0 Å². The predicted octanol–water partition coefficient (Wildman–Crippen LogP) is 0.467. The average Bonchev–Trinajstić information content (AvgIpc) is 2.17. The summed E-state index contributed by atoms with van der Waals surface area (Å²) in [6, 6.07) is 0. The van der Waals surface area contributed by atoms with Crippen molar-refractivity contribution in [1.82, 2.24) is 10.2 Å². The van der Waals surface area contributed by atoms with Crippen molar-refractivity contribution in [3.05, 3.63) is 0 Å². The van der Waals surface area contributed by atoms with E-state index in [0.717, 1.165) is 6.54 Å². The van der Waals surface area contributed by atoms with Crippen molar-refractivity contribution in [2.75, 3.05) is 33.8 Å². The van der Waals surface area contributed by atoms with Crippen molar-refractivity contribution in [3.8, 4) is 0 Å². The van der Waals surface area contributed by atoms with Gasteiger partial charge in [-0.25, -0.2) is 0 Å². The van der Waals surface area contributed by atoms with Crippen LogP contribution in [0.2, 0.25) is 0 Å². The molecule has 0 aromatic rings. The molecule has 5 nitrogen and oxygen atoms in total. The first-order valence-electron chi connectivity index (χ1n) is 5.22. The number of carbonyl (C=O) groups is 1. The Hall–Kier alpha value is -1.10. The highest BCUT2D eigenvalue weighted by Crippen LogP contribution is 1.86. The van der Waals surface area contributed by atoms with E-state index in [0.29, 0.717) is 26.0 Å². The topological polar surface area (TPSA) is 53.9 Å². The fourth-order valence-corrected chi connectivity index (χ4v) is 0.883. The van der Waals surface area contributed by atoms with E-state index in [1.807, 2.05) is 25.9 Å². The maximum Gasteiger partial charge on any atom is 0.220 e. The monoisotopic (exact) mass is 215 g/mol. The molecule has 5 heteroatoms. The fraction of sp³-hybridized carbons (Fsp3) is 0.800. The van der Waals surface area contributed by atoms with Gasteiger partial charge in [-0.1, -0.05) is 5.16 Å². The van der Waals surface area contributed by atoms with Crippen molar-refractivity contribution in [1.29, 1.82) is 0 Å². The lowest BCUT2D eigenvalue weighted by Gasteiger charge is -2.09. The van der Waals surface area contributed by atoms with Crippen LogP contribution in [0.15, 0.2) is 5.16 Å². The quantitative estimate of drug-likeness (QED) is 0.473. The van der Waals surface area contributed by atoms with Crippen LogP contribution in [0.1, 0.15) is 19.8 Å². The highest BCUT2D eigenvalue weighted by atomic mass is 16.6. The van der Waals surface area contributed by atoms with Gasteiger partial charge >= 0.3 is 0 Å². The SMILES string of the molecule is CCO/N=C/CCC(=O)NCCN(C)C. The molecule has 0 radical (unpaired) electrons. The Bertz CT molecular complexity index is 193. The predicted molar refractivity (Wildman–Crippen MR) is 60.9 cm³/mol. The molecule has 0 fully saturated rings. The Balaban J connectivity index is 3.33. The summed E-state index contributed by atoms with van der Waals surface area (Å²) in [6.07, 6.45) is 2.70. The highest BCUT2D eigenvalue weighted by molar-refractivity contribution is 5.78. The minimum Gasteiger partial charge on any atom is -0.396 e. The fourth-order valence-electron chi connectivity index (χ4n) is 0.883. The molecule has 0 heterocycles. The molecule has 1 N–H and O–H groups in total. The Morgan fingerprint density at radius 2 is 2.27 bits per heavy atom. The number of carbonyl (C=O) groups excluding carboxylic acids is 1. The third-order valence-corrected chi connectivity index (χ3v) is 1.66. The highest BCUT2D eigenvalue weighted by Gasteiger charge is 1.98. The van der Waals surface area contributed by atoms with Gasteiger partial charge in [-0.15, -0.1) is 0 Å². The zero-order chi connectivity index (χ0) is 11.5. The first kappa shape index (κ1) is 13.9. The number of amides is 1. The zero-order valence-electron chi connectivity index (χ0n) is 9.82.